The van der Waals surface area contributed by atoms with Crippen LogP contribution in [0.5, 0.6) is 0 Å². The van der Waals surface area contributed by atoms with E-state index in [0.717, 1.165) is 28.6 Å². The van der Waals surface area contributed by atoms with Crippen LogP contribution in [0.25, 0.3) is 22.6 Å². The van der Waals surface area contributed by atoms with Gasteiger partial charge in [0, 0.05) is 29.2 Å². The van der Waals surface area contributed by atoms with Gasteiger partial charge in [-0.1, -0.05) is 60.7 Å². The van der Waals surface area contributed by atoms with Crippen LogP contribution in [0.1, 0.15) is 16.7 Å². The van der Waals surface area contributed by atoms with E-state index in [0.29, 0.717) is 5.57 Å². The molecule has 0 aliphatic heterocycles. The first kappa shape index (κ1) is 16.8. The third-order valence-electron chi connectivity index (χ3n) is 4.58. The summed E-state index contributed by atoms with van der Waals surface area (Å²) < 4.78 is 15.3. The van der Waals surface area contributed by atoms with E-state index in [2.05, 4.69) is 28.8 Å². The van der Waals surface area contributed by atoms with Gasteiger partial charge in [0.25, 0.3) is 0 Å². The van der Waals surface area contributed by atoms with Gasteiger partial charge in [0.05, 0.1) is 11.6 Å². The van der Waals surface area contributed by atoms with E-state index in [1.54, 1.807) is 18.2 Å². The molecule has 3 aromatic carbocycles. The maximum absolute atomic E-state index is 13.2. The molecule has 3 heteroatoms. The first-order valence-electron chi connectivity index (χ1n) is 8.74. The van der Waals surface area contributed by atoms with Crippen LogP contribution in [0.4, 0.5) is 4.39 Å². The molecule has 0 fully saturated rings. The van der Waals surface area contributed by atoms with Gasteiger partial charge in [0.2, 0.25) is 0 Å². The molecule has 0 radical (unpaired) electrons. The fourth-order valence-electron chi connectivity index (χ4n) is 3.27. The number of fused-ring (bicyclic) bond motifs is 1. The summed E-state index contributed by atoms with van der Waals surface area (Å²) in [5, 5.41) is 10.8. The summed E-state index contributed by atoms with van der Waals surface area (Å²) in [6.07, 6.45) is 3.82. The van der Waals surface area contributed by atoms with Crippen molar-refractivity contribution >= 4 is 22.6 Å². The van der Waals surface area contributed by atoms with Gasteiger partial charge in [0.1, 0.15) is 5.82 Å². The Morgan fingerprint density at radius 1 is 0.926 bits per heavy atom. The van der Waals surface area contributed by atoms with Crippen LogP contribution in [-0.4, -0.2) is 4.57 Å². The fraction of sp³-hybridized carbons (Fsp3) is 0.0417. The minimum absolute atomic E-state index is 0.287. The first-order chi connectivity index (χ1) is 13.2. The first-order valence-corrected chi connectivity index (χ1v) is 8.74. The van der Waals surface area contributed by atoms with Crippen LogP contribution < -0.4 is 0 Å². The number of benzene rings is 3. The predicted molar refractivity (Wildman–Crippen MR) is 107 cm³/mol. The molecule has 4 rings (SSSR count). The summed E-state index contributed by atoms with van der Waals surface area (Å²) in [5.41, 5.74) is 4.52. The van der Waals surface area contributed by atoms with Crippen molar-refractivity contribution < 1.29 is 4.39 Å². The molecule has 0 unspecified atom stereocenters. The number of hydrogen-bond donors (Lipinski definition) is 0. The van der Waals surface area contributed by atoms with E-state index in [1.807, 2.05) is 42.6 Å². The highest BCUT2D eigenvalue weighted by Gasteiger charge is 2.12. The Kier molecular flexibility index (Phi) is 4.55. The molecule has 0 spiro atoms. The number of hydrogen-bond acceptors (Lipinski definition) is 1. The summed E-state index contributed by atoms with van der Waals surface area (Å²) >= 11 is 0. The Bertz CT molecular complexity index is 1150. The molecule has 0 N–H and O–H groups in total. The summed E-state index contributed by atoms with van der Waals surface area (Å²) in [6.45, 7) is 0.733. The molecular weight excluding hydrogens is 335 g/mol. The number of halogens is 1. The van der Waals surface area contributed by atoms with Gasteiger partial charge in [-0.2, -0.15) is 5.26 Å². The molecule has 4 aromatic rings. The van der Waals surface area contributed by atoms with E-state index < -0.39 is 0 Å². The van der Waals surface area contributed by atoms with Crippen molar-refractivity contribution in [3.8, 4) is 6.07 Å². The zero-order valence-electron chi connectivity index (χ0n) is 14.6. The molecule has 0 bridgehead atoms. The highest BCUT2D eigenvalue weighted by atomic mass is 19.1. The van der Waals surface area contributed by atoms with Crippen LogP contribution in [0.2, 0.25) is 0 Å². The van der Waals surface area contributed by atoms with Crippen molar-refractivity contribution in [2.75, 3.05) is 0 Å². The van der Waals surface area contributed by atoms with Gasteiger partial charge in [-0.15, -0.1) is 0 Å². The Morgan fingerprint density at radius 3 is 2.37 bits per heavy atom. The molecule has 0 aliphatic rings. The van der Waals surface area contributed by atoms with E-state index in [1.165, 1.54) is 17.7 Å². The number of aromatic nitrogens is 1. The van der Waals surface area contributed by atoms with Gasteiger partial charge in [-0.05, 0) is 35.4 Å². The number of rotatable bonds is 4. The Hall–Kier alpha value is -3.64. The lowest BCUT2D eigenvalue weighted by Gasteiger charge is -2.05. The van der Waals surface area contributed by atoms with Gasteiger partial charge < -0.3 is 4.57 Å². The normalized spacial score (nSPS) is 11.5. The minimum Gasteiger partial charge on any atom is -0.342 e. The highest BCUT2D eigenvalue weighted by Crippen LogP contribution is 2.29. The highest BCUT2D eigenvalue weighted by molar-refractivity contribution is 6.01. The summed E-state index contributed by atoms with van der Waals surface area (Å²) in [4.78, 5) is 0. The average Bonchev–Trinajstić information content (AvgIpc) is 3.07. The molecule has 1 aromatic heterocycles. The van der Waals surface area contributed by atoms with Gasteiger partial charge in [0.15, 0.2) is 0 Å². The SMILES string of the molecule is N#C/C(=C\c1ccc(F)cc1)c1cn(Cc2ccccc2)c2ccccc12. The molecule has 0 atom stereocenters. The van der Waals surface area contributed by atoms with E-state index in [4.69, 9.17) is 0 Å². The van der Waals surface area contributed by atoms with Crippen molar-refractivity contribution in [3.05, 3.63) is 108 Å². The van der Waals surface area contributed by atoms with Gasteiger partial charge in [-0.25, -0.2) is 4.39 Å². The molecule has 1 heterocycles. The molecule has 0 saturated carbocycles. The van der Waals surface area contributed by atoms with Crippen LogP contribution >= 0.6 is 0 Å². The maximum atomic E-state index is 13.2. The molecule has 27 heavy (non-hydrogen) atoms. The summed E-state index contributed by atoms with van der Waals surface area (Å²) in [6, 6.07) is 26.8. The van der Waals surface area contributed by atoms with E-state index in [-0.39, 0.29) is 5.82 Å². The fourth-order valence-corrected chi connectivity index (χ4v) is 3.27. The Labute approximate surface area is 157 Å². The second kappa shape index (κ2) is 7.31. The smallest absolute Gasteiger partial charge is 0.123 e. The molecule has 0 aliphatic carbocycles. The van der Waals surface area contributed by atoms with Crippen LogP contribution in [0.15, 0.2) is 85.1 Å². The monoisotopic (exact) mass is 352 g/mol. The van der Waals surface area contributed by atoms with Crippen LogP contribution in [0.3, 0.4) is 0 Å². The van der Waals surface area contributed by atoms with Crippen LogP contribution in [0, 0.1) is 17.1 Å². The number of nitrogens with zero attached hydrogens (tertiary/aromatic N) is 2. The average molecular weight is 352 g/mol. The second-order valence-corrected chi connectivity index (χ2v) is 6.39. The summed E-state index contributed by atoms with van der Waals surface area (Å²) in [7, 11) is 0. The predicted octanol–water partition coefficient (Wildman–Crippen LogP) is 5.89. The number of allylic oxidation sites excluding steroid dienone is 1. The van der Waals surface area contributed by atoms with Crippen molar-refractivity contribution in [1.82, 2.24) is 4.57 Å². The quantitative estimate of drug-likeness (QED) is 0.421. The molecule has 0 amide bonds. The molecule has 2 nitrogen and oxygen atoms in total. The third-order valence-corrected chi connectivity index (χ3v) is 4.58. The van der Waals surface area contributed by atoms with Gasteiger partial charge >= 0.3 is 0 Å². The number of nitriles is 1. The zero-order valence-corrected chi connectivity index (χ0v) is 14.6. The minimum atomic E-state index is -0.287. The zero-order chi connectivity index (χ0) is 18.6. The molecule has 0 saturated heterocycles. The standard InChI is InChI=1S/C24H17FN2/c25-21-12-10-18(11-13-21)14-20(15-26)23-17-27(16-19-6-2-1-3-7-19)24-9-5-4-8-22(23)24/h1-14,17H,16H2/b20-14+. The van der Waals surface area contributed by atoms with Crippen molar-refractivity contribution in [1.29, 1.82) is 5.26 Å². The van der Waals surface area contributed by atoms with Crippen molar-refractivity contribution in [2.24, 2.45) is 0 Å². The largest absolute Gasteiger partial charge is 0.342 e. The molecule has 130 valence electrons. The van der Waals surface area contributed by atoms with Crippen molar-refractivity contribution in [3.63, 3.8) is 0 Å². The molecular formula is C24H17FN2. The Balaban J connectivity index is 1.81. The second-order valence-electron chi connectivity index (χ2n) is 6.39. The van der Waals surface area contributed by atoms with Crippen LogP contribution in [-0.2, 0) is 6.54 Å². The summed E-state index contributed by atoms with van der Waals surface area (Å²) in [5.74, 6) is -0.287. The van der Waals surface area contributed by atoms with Gasteiger partial charge in [-0.3, -0.25) is 0 Å². The lowest BCUT2D eigenvalue weighted by Crippen LogP contribution is -1.97. The van der Waals surface area contributed by atoms with Crippen molar-refractivity contribution in [2.45, 2.75) is 6.54 Å². The van der Waals surface area contributed by atoms with E-state index in [9.17, 15) is 9.65 Å². The van der Waals surface area contributed by atoms with E-state index >= 15 is 0 Å². The lowest BCUT2D eigenvalue weighted by molar-refractivity contribution is 0.628. The lowest BCUT2D eigenvalue weighted by atomic mass is 10.0. The number of para-hydroxylation sites is 1. The third kappa shape index (κ3) is 3.51. The Morgan fingerprint density at radius 2 is 1.63 bits per heavy atom. The topological polar surface area (TPSA) is 28.7 Å². The maximum Gasteiger partial charge on any atom is 0.123 e.